The van der Waals surface area contributed by atoms with Crippen molar-refractivity contribution in [3.8, 4) is 0 Å². The Morgan fingerprint density at radius 3 is 2.04 bits per heavy atom. The zero-order chi connectivity index (χ0) is 17.7. The van der Waals surface area contributed by atoms with E-state index in [1.165, 1.54) is 0 Å². The maximum Gasteiger partial charge on any atom is 0.241 e. The SMILES string of the molecule is CC(C)C(=O)Nc1cccc(NC(=O)[C@@H](C)N2CCN(C)CC2)c1. The summed E-state index contributed by atoms with van der Waals surface area (Å²) in [6, 6.07) is 7.09. The number of likely N-dealkylation sites (N-methyl/N-ethyl adjacent to an activating group) is 1. The van der Waals surface area contributed by atoms with Gasteiger partial charge < -0.3 is 15.5 Å². The van der Waals surface area contributed by atoms with Crippen LogP contribution in [0.3, 0.4) is 0 Å². The van der Waals surface area contributed by atoms with Gasteiger partial charge in [-0.1, -0.05) is 19.9 Å². The molecule has 1 fully saturated rings. The van der Waals surface area contributed by atoms with Crippen LogP contribution in [-0.2, 0) is 9.59 Å². The lowest BCUT2D eigenvalue weighted by molar-refractivity contribution is -0.121. The minimum Gasteiger partial charge on any atom is -0.326 e. The number of carbonyl (C=O) groups excluding carboxylic acids is 2. The largest absolute Gasteiger partial charge is 0.326 e. The van der Waals surface area contributed by atoms with E-state index in [0.717, 1.165) is 26.2 Å². The van der Waals surface area contributed by atoms with Gasteiger partial charge in [-0.05, 0) is 32.2 Å². The highest BCUT2D eigenvalue weighted by atomic mass is 16.2. The molecule has 1 aromatic carbocycles. The predicted molar refractivity (Wildman–Crippen MR) is 97.1 cm³/mol. The Balaban J connectivity index is 1.95. The van der Waals surface area contributed by atoms with Crippen molar-refractivity contribution in [2.45, 2.75) is 26.8 Å². The van der Waals surface area contributed by atoms with Crippen molar-refractivity contribution < 1.29 is 9.59 Å². The number of carbonyl (C=O) groups is 2. The van der Waals surface area contributed by atoms with Crippen LogP contribution in [0.1, 0.15) is 20.8 Å². The zero-order valence-electron chi connectivity index (χ0n) is 15.0. The van der Waals surface area contributed by atoms with Crippen LogP contribution in [0.2, 0.25) is 0 Å². The van der Waals surface area contributed by atoms with Crippen LogP contribution in [0.4, 0.5) is 11.4 Å². The first kappa shape index (κ1) is 18.4. The van der Waals surface area contributed by atoms with Gasteiger partial charge in [0.1, 0.15) is 0 Å². The number of hydrogen-bond acceptors (Lipinski definition) is 4. The third-order valence-electron chi connectivity index (χ3n) is 4.39. The van der Waals surface area contributed by atoms with Crippen molar-refractivity contribution in [2.24, 2.45) is 5.92 Å². The molecule has 0 unspecified atom stereocenters. The molecule has 0 radical (unpaired) electrons. The summed E-state index contributed by atoms with van der Waals surface area (Å²) >= 11 is 0. The van der Waals surface area contributed by atoms with Gasteiger partial charge in [-0.2, -0.15) is 0 Å². The van der Waals surface area contributed by atoms with Gasteiger partial charge in [0, 0.05) is 43.5 Å². The third kappa shape index (κ3) is 5.04. The van der Waals surface area contributed by atoms with E-state index in [9.17, 15) is 9.59 Å². The van der Waals surface area contributed by atoms with Gasteiger partial charge in [-0.25, -0.2) is 0 Å². The molecule has 0 saturated carbocycles. The maximum absolute atomic E-state index is 12.5. The lowest BCUT2D eigenvalue weighted by Crippen LogP contribution is -2.51. The van der Waals surface area contributed by atoms with Crippen LogP contribution in [0.15, 0.2) is 24.3 Å². The topological polar surface area (TPSA) is 64.7 Å². The highest BCUT2D eigenvalue weighted by Crippen LogP contribution is 2.17. The number of rotatable bonds is 5. The molecule has 2 N–H and O–H groups in total. The van der Waals surface area contributed by atoms with E-state index in [0.29, 0.717) is 11.4 Å². The molecule has 24 heavy (non-hydrogen) atoms. The highest BCUT2D eigenvalue weighted by molar-refractivity contribution is 5.96. The molecule has 0 bridgehead atoms. The second kappa shape index (κ2) is 8.26. The molecule has 1 aromatic rings. The lowest BCUT2D eigenvalue weighted by atomic mass is 10.2. The Morgan fingerprint density at radius 1 is 0.958 bits per heavy atom. The van der Waals surface area contributed by atoms with Gasteiger partial charge in [0.05, 0.1) is 6.04 Å². The number of amides is 2. The summed E-state index contributed by atoms with van der Waals surface area (Å²) < 4.78 is 0. The molecule has 0 spiro atoms. The summed E-state index contributed by atoms with van der Waals surface area (Å²) in [4.78, 5) is 28.7. The van der Waals surface area contributed by atoms with Crippen LogP contribution in [0.5, 0.6) is 0 Å². The molecule has 6 nitrogen and oxygen atoms in total. The molecule has 2 amide bonds. The first-order valence-corrected chi connectivity index (χ1v) is 8.51. The standard InChI is InChI=1S/C18H28N4O2/c1-13(2)17(23)19-15-6-5-7-16(12-15)20-18(24)14(3)22-10-8-21(4)9-11-22/h5-7,12-14H,8-11H2,1-4H3,(H,19,23)(H,20,24)/t14-/m1/s1. The smallest absolute Gasteiger partial charge is 0.241 e. The predicted octanol–water partition coefficient (Wildman–Crippen LogP) is 1.86. The van der Waals surface area contributed by atoms with Crippen molar-refractivity contribution in [1.82, 2.24) is 9.80 Å². The fourth-order valence-electron chi connectivity index (χ4n) is 2.58. The lowest BCUT2D eigenvalue weighted by Gasteiger charge is -2.35. The Hall–Kier alpha value is -1.92. The molecule has 132 valence electrons. The van der Waals surface area contributed by atoms with E-state index in [4.69, 9.17) is 0 Å². The average molecular weight is 332 g/mol. The number of piperazine rings is 1. The van der Waals surface area contributed by atoms with Crippen molar-refractivity contribution in [3.05, 3.63) is 24.3 Å². The fourth-order valence-corrected chi connectivity index (χ4v) is 2.58. The summed E-state index contributed by atoms with van der Waals surface area (Å²) in [5.74, 6) is -0.142. The molecule has 0 aromatic heterocycles. The van der Waals surface area contributed by atoms with Crippen LogP contribution < -0.4 is 10.6 Å². The Morgan fingerprint density at radius 2 is 1.50 bits per heavy atom. The molecular weight excluding hydrogens is 304 g/mol. The maximum atomic E-state index is 12.5. The zero-order valence-corrected chi connectivity index (χ0v) is 15.0. The molecule has 6 heteroatoms. The van der Waals surface area contributed by atoms with Crippen molar-refractivity contribution in [2.75, 3.05) is 43.9 Å². The first-order valence-electron chi connectivity index (χ1n) is 8.51. The number of benzene rings is 1. The monoisotopic (exact) mass is 332 g/mol. The number of hydrogen-bond donors (Lipinski definition) is 2. The normalized spacial score (nSPS) is 17.5. The van der Waals surface area contributed by atoms with Gasteiger partial charge in [0.25, 0.3) is 0 Å². The van der Waals surface area contributed by atoms with Gasteiger partial charge in [-0.15, -0.1) is 0 Å². The molecule has 1 atom stereocenters. The Bertz CT molecular complexity index is 580. The summed E-state index contributed by atoms with van der Waals surface area (Å²) in [6.07, 6.45) is 0. The first-order chi connectivity index (χ1) is 11.4. The van der Waals surface area contributed by atoms with Crippen LogP contribution >= 0.6 is 0 Å². The molecule has 1 heterocycles. The minimum absolute atomic E-state index is 0.0214. The molecular formula is C18H28N4O2. The van der Waals surface area contributed by atoms with Crippen molar-refractivity contribution in [3.63, 3.8) is 0 Å². The minimum atomic E-state index is -0.174. The van der Waals surface area contributed by atoms with Crippen molar-refractivity contribution in [1.29, 1.82) is 0 Å². The third-order valence-corrected chi connectivity index (χ3v) is 4.39. The van der Waals surface area contributed by atoms with Gasteiger partial charge >= 0.3 is 0 Å². The average Bonchev–Trinajstić information content (AvgIpc) is 2.55. The summed E-state index contributed by atoms with van der Waals surface area (Å²) in [5.41, 5.74) is 1.39. The Kier molecular flexibility index (Phi) is 6.34. The quantitative estimate of drug-likeness (QED) is 0.864. The number of anilines is 2. The van der Waals surface area contributed by atoms with Gasteiger partial charge in [0.2, 0.25) is 11.8 Å². The van der Waals surface area contributed by atoms with Crippen LogP contribution in [0.25, 0.3) is 0 Å². The van der Waals surface area contributed by atoms with E-state index in [1.54, 1.807) is 6.07 Å². The Labute approximate surface area is 144 Å². The van der Waals surface area contributed by atoms with Crippen molar-refractivity contribution >= 4 is 23.2 Å². The van der Waals surface area contributed by atoms with E-state index in [-0.39, 0.29) is 23.8 Å². The summed E-state index contributed by atoms with van der Waals surface area (Å²) in [6.45, 7) is 9.39. The number of nitrogens with zero attached hydrogens (tertiary/aromatic N) is 2. The second-order valence-corrected chi connectivity index (χ2v) is 6.73. The van der Waals surface area contributed by atoms with E-state index < -0.39 is 0 Å². The molecule has 2 rings (SSSR count). The molecule has 0 aliphatic carbocycles. The van der Waals surface area contributed by atoms with Gasteiger partial charge in [0.15, 0.2) is 0 Å². The second-order valence-electron chi connectivity index (χ2n) is 6.73. The van der Waals surface area contributed by atoms with E-state index in [1.807, 2.05) is 39.0 Å². The van der Waals surface area contributed by atoms with Crippen LogP contribution in [-0.4, -0.2) is 60.9 Å². The molecule has 1 aliphatic heterocycles. The van der Waals surface area contributed by atoms with Crippen LogP contribution in [0, 0.1) is 5.92 Å². The fraction of sp³-hybridized carbons (Fsp3) is 0.556. The van der Waals surface area contributed by atoms with Gasteiger partial charge in [-0.3, -0.25) is 14.5 Å². The summed E-state index contributed by atoms with van der Waals surface area (Å²) in [5, 5.41) is 5.79. The molecule has 1 saturated heterocycles. The highest BCUT2D eigenvalue weighted by Gasteiger charge is 2.24. The molecule has 1 aliphatic rings. The van der Waals surface area contributed by atoms with E-state index >= 15 is 0 Å². The van der Waals surface area contributed by atoms with E-state index in [2.05, 4.69) is 27.5 Å². The summed E-state index contributed by atoms with van der Waals surface area (Å²) in [7, 11) is 2.10. The number of nitrogens with one attached hydrogen (secondary N) is 2.